The van der Waals surface area contributed by atoms with Gasteiger partial charge in [-0.15, -0.1) is 0 Å². The zero-order valence-electron chi connectivity index (χ0n) is 16.5. The molecule has 3 aromatic carbocycles. The fraction of sp³-hybridized carbons (Fsp3) is 0.227. The molecule has 0 unspecified atom stereocenters. The van der Waals surface area contributed by atoms with E-state index in [0.717, 1.165) is 16.3 Å². The Morgan fingerprint density at radius 3 is 2.74 bits per heavy atom. The fourth-order valence-electron chi connectivity index (χ4n) is 3.30. The van der Waals surface area contributed by atoms with Gasteiger partial charge in [0.25, 0.3) is 0 Å². The van der Waals surface area contributed by atoms with Crippen molar-refractivity contribution < 1.29 is 27.4 Å². The summed E-state index contributed by atoms with van der Waals surface area (Å²) in [4.78, 5) is 12.3. The molecule has 1 aliphatic heterocycles. The zero-order valence-corrected chi connectivity index (χ0v) is 18.0. The quantitative estimate of drug-likeness (QED) is 0.538. The van der Waals surface area contributed by atoms with Gasteiger partial charge in [0, 0.05) is 22.7 Å². The molecule has 0 amide bonds. The lowest BCUT2D eigenvalue weighted by Gasteiger charge is -2.21. The molecule has 0 aliphatic carbocycles. The molecule has 1 N–H and O–H groups in total. The summed E-state index contributed by atoms with van der Waals surface area (Å²) < 4.78 is 43.5. The second-order valence-electron chi connectivity index (χ2n) is 6.98. The second kappa shape index (κ2) is 9.23. The first-order valence-electron chi connectivity index (χ1n) is 9.58. The smallest absolute Gasteiger partial charge is 0.307 e. The number of fused-ring (bicyclic) bond motifs is 2. The molecule has 9 heteroatoms. The Hall–Kier alpha value is -2.65. The predicted molar refractivity (Wildman–Crippen MR) is 115 cm³/mol. The number of carbonyl (C=O) groups is 1. The minimum atomic E-state index is -3.74. The fourth-order valence-corrected chi connectivity index (χ4v) is 4.63. The van der Waals surface area contributed by atoms with Crippen LogP contribution in [0, 0.1) is 0 Å². The van der Waals surface area contributed by atoms with Gasteiger partial charge in [-0.2, -0.15) is 0 Å². The minimum absolute atomic E-state index is 0.0286. The van der Waals surface area contributed by atoms with Gasteiger partial charge in [-0.05, 0) is 35.0 Å². The Balaban J connectivity index is 1.32. The van der Waals surface area contributed by atoms with Gasteiger partial charge in [0.1, 0.15) is 12.4 Å². The van der Waals surface area contributed by atoms with Crippen molar-refractivity contribution in [3.63, 3.8) is 0 Å². The van der Waals surface area contributed by atoms with Crippen LogP contribution in [0.15, 0.2) is 59.5 Å². The maximum absolute atomic E-state index is 12.5. The first-order valence-corrected chi connectivity index (χ1v) is 11.4. The number of esters is 1. The van der Waals surface area contributed by atoms with Crippen LogP contribution in [0.25, 0.3) is 10.8 Å². The SMILES string of the molecule is O=C(CCNS(=O)(=O)c1ccc2ccccc2c1)OCc1cc(Cl)cc2c1OCOC2. The molecule has 162 valence electrons. The molecule has 0 aromatic heterocycles. The Bertz CT molecular complexity index is 1230. The summed E-state index contributed by atoms with van der Waals surface area (Å²) in [5, 5.41) is 2.26. The molecule has 0 saturated carbocycles. The molecule has 1 aliphatic rings. The maximum atomic E-state index is 12.5. The van der Waals surface area contributed by atoms with Crippen LogP contribution < -0.4 is 9.46 Å². The average Bonchev–Trinajstić information content (AvgIpc) is 2.77. The number of hydrogen-bond acceptors (Lipinski definition) is 6. The average molecular weight is 462 g/mol. The van der Waals surface area contributed by atoms with Crippen molar-refractivity contribution in [3.05, 3.63) is 70.7 Å². The molecule has 0 saturated heterocycles. The van der Waals surface area contributed by atoms with E-state index in [9.17, 15) is 13.2 Å². The van der Waals surface area contributed by atoms with Crippen molar-refractivity contribution in [1.82, 2.24) is 4.72 Å². The summed E-state index contributed by atoms with van der Waals surface area (Å²) in [5.74, 6) is 0.0578. The summed E-state index contributed by atoms with van der Waals surface area (Å²) in [7, 11) is -3.74. The summed E-state index contributed by atoms with van der Waals surface area (Å²) in [6.07, 6.45) is -0.112. The number of hydrogen-bond donors (Lipinski definition) is 1. The number of rotatable bonds is 7. The highest BCUT2D eigenvalue weighted by Crippen LogP contribution is 2.32. The van der Waals surface area contributed by atoms with Gasteiger partial charge in [0.2, 0.25) is 10.0 Å². The number of sulfonamides is 1. The largest absolute Gasteiger partial charge is 0.467 e. The van der Waals surface area contributed by atoms with Crippen molar-refractivity contribution in [2.75, 3.05) is 13.3 Å². The Kier molecular flexibility index (Phi) is 6.43. The monoisotopic (exact) mass is 461 g/mol. The van der Waals surface area contributed by atoms with Crippen LogP contribution in [0.4, 0.5) is 0 Å². The summed E-state index contributed by atoms with van der Waals surface area (Å²) in [6, 6.07) is 15.8. The van der Waals surface area contributed by atoms with Crippen LogP contribution in [-0.4, -0.2) is 27.7 Å². The van der Waals surface area contributed by atoms with E-state index in [-0.39, 0.29) is 31.3 Å². The lowest BCUT2D eigenvalue weighted by molar-refractivity contribution is -0.144. The van der Waals surface area contributed by atoms with Crippen LogP contribution in [-0.2, 0) is 37.5 Å². The van der Waals surface area contributed by atoms with E-state index in [1.165, 1.54) is 6.07 Å². The summed E-state index contributed by atoms with van der Waals surface area (Å²) in [5.41, 5.74) is 1.42. The van der Waals surface area contributed by atoms with E-state index in [1.807, 2.05) is 24.3 Å². The molecule has 1 heterocycles. The Labute approximate surface area is 184 Å². The number of halogens is 1. The van der Waals surface area contributed by atoms with Crippen LogP contribution in [0.2, 0.25) is 5.02 Å². The first kappa shape index (κ1) is 21.6. The van der Waals surface area contributed by atoms with E-state index in [4.69, 9.17) is 25.8 Å². The lowest BCUT2D eigenvalue weighted by atomic mass is 10.1. The molecule has 0 atom stereocenters. The highest BCUT2D eigenvalue weighted by atomic mass is 35.5. The zero-order chi connectivity index (χ0) is 21.8. The molecule has 7 nitrogen and oxygen atoms in total. The normalized spacial score (nSPS) is 13.5. The number of nitrogens with one attached hydrogen (secondary N) is 1. The van der Waals surface area contributed by atoms with Gasteiger partial charge in [-0.1, -0.05) is 41.9 Å². The lowest BCUT2D eigenvalue weighted by Crippen LogP contribution is -2.26. The molecule has 0 bridgehead atoms. The number of benzene rings is 3. The molecule has 4 rings (SSSR count). The van der Waals surface area contributed by atoms with Crippen molar-refractivity contribution >= 4 is 38.4 Å². The van der Waals surface area contributed by atoms with Crippen molar-refractivity contribution in [2.45, 2.75) is 24.5 Å². The second-order valence-corrected chi connectivity index (χ2v) is 9.18. The highest BCUT2D eigenvalue weighted by molar-refractivity contribution is 7.89. The number of ether oxygens (including phenoxy) is 3. The third-order valence-electron chi connectivity index (χ3n) is 4.79. The van der Waals surface area contributed by atoms with E-state index in [2.05, 4.69) is 4.72 Å². The van der Waals surface area contributed by atoms with E-state index < -0.39 is 16.0 Å². The summed E-state index contributed by atoms with van der Waals surface area (Å²) in [6.45, 7) is 0.380. The maximum Gasteiger partial charge on any atom is 0.307 e. The van der Waals surface area contributed by atoms with Gasteiger partial charge < -0.3 is 14.2 Å². The molecule has 0 fully saturated rings. The van der Waals surface area contributed by atoms with Crippen LogP contribution in [0.1, 0.15) is 17.5 Å². The molecular weight excluding hydrogens is 442 g/mol. The third-order valence-corrected chi connectivity index (χ3v) is 6.47. The van der Waals surface area contributed by atoms with E-state index in [0.29, 0.717) is 22.9 Å². The number of carbonyl (C=O) groups excluding carboxylic acids is 1. The Morgan fingerprint density at radius 1 is 1.10 bits per heavy atom. The highest BCUT2D eigenvalue weighted by Gasteiger charge is 2.18. The van der Waals surface area contributed by atoms with Gasteiger partial charge in [0.15, 0.2) is 6.79 Å². The van der Waals surface area contributed by atoms with Gasteiger partial charge >= 0.3 is 5.97 Å². The topological polar surface area (TPSA) is 90.9 Å². The predicted octanol–water partition coefficient (Wildman–Crippen LogP) is 3.77. The molecule has 3 aromatic rings. The molecule has 0 radical (unpaired) electrons. The van der Waals surface area contributed by atoms with E-state index >= 15 is 0 Å². The first-order chi connectivity index (χ1) is 14.9. The third kappa shape index (κ3) is 5.16. The Morgan fingerprint density at radius 2 is 1.90 bits per heavy atom. The van der Waals surface area contributed by atoms with Crippen LogP contribution in [0.5, 0.6) is 5.75 Å². The minimum Gasteiger partial charge on any atom is -0.467 e. The van der Waals surface area contributed by atoms with Crippen molar-refractivity contribution in [2.24, 2.45) is 0 Å². The van der Waals surface area contributed by atoms with Crippen LogP contribution >= 0.6 is 11.6 Å². The van der Waals surface area contributed by atoms with Gasteiger partial charge in [0.05, 0.1) is 17.9 Å². The van der Waals surface area contributed by atoms with E-state index in [1.54, 1.807) is 24.3 Å². The van der Waals surface area contributed by atoms with Crippen LogP contribution in [0.3, 0.4) is 0 Å². The van der Waals surface area contributed by atoms with Gasteiger partial charge in [-0.3, -0.25) is 4.79 Å². The van der Waals surface area contributed by atoms with Crippen molar-refractivity contribution in [3.8, 4) is 5.75 Å². The summed E-state index contributed by atoms with van der Waals surface area (Å²) >= 11 is 6.10. The standard InChI is InChI=1S/C22H20ClNO6S/c23-19-9-17-12-28-14-30-22(17)18(10-19)13-29-21(25)7-8-24-31(26,27)20-6-5-15-3-1-2-4-16(15)11-20/h1-6,9-11,24H,7-8,12-14H2. The molecule has 31 heavy (non-hydrogen) atoms. The molecule has 0 spiro atoms. The van der Waals surface area contributed by atoms with Gasteiger partial charge in [-0.25, -0.2) is 13.1 Å². The van der Waals surface area contributed by atoms with Crippen molar-refractivity contribution in [1.29, 1.82) is 0 Å². The molecular formula is C22H20ClNO6S.